The van der Waals surface area contributed by atoms with E-state index in [1.807, 2.05) is 13.8 Å². The molecule has 0 aromatic rings. The molecule has 0 aliphatic rings. The van der Waals surface area contributed by atoms with Crippen molar-refractivity contribution in [3.8, 4) is 0 Å². The highest BCUT2D eigenvalue weighted by molar-refractivity contribution is 5.88. The van der Waals surface area contributed by atoms with Crippen LogP contribution in [0.15, 0.2) is 24.3 Å². The minimum absolute atomic E-state index is 0.0552. The Kier molecular flexibility index (Phi) is 8.42. The molecule has 3 nitrogen and oxygen atoms in total. The summed E-state index contributed by atoms with van der Waals surface area (Å²) in [6.07, 6.45) is 3.00. The molecule has 17 heavy (non-hydrogen) atoms. The molecule has 0 heterocycles. The topological polar surface area (TPSA) is 35.5 Å². The van der Waals surface area contributed by atoms with Gasteiger partial charge in [-0.15, -0.1) is 0 Å². The van der Waals surface area contributed by atoms with Crippen molar-refractivity contribution in [2.45, 2.75) is 46.1 Å². The van der Waals surface area contributed by atoms with Gasteiger partial charge >= 0.3 is 5.97 Å². The lowest BCUT2D eigenvalue weighted by Gasteiger charge is -2.14. The van der Waals surface area contributed by atoms with E-state index in [1.54, 1.807) is 0 Å². The molecular formula is C14H24O3. The number of hydrogen-bond donors (Lipinski definition) is 0. The second kappa shape index (κ2) is 8.99. The SMILES string of the molecule is C=C(C)COCC(=C)C(=O)OC(C)CCCC. The van der Waals surface area contributed by atoms with E-state index in [9.17, 15) is 4.79 Å². The van der Waals surface area contributed by atoms with Crippen LogP contribution in [-0.4, -0.2) is 25.3 Å². The Bertz CT molecular complexity index is 269. The summed E-state index contributed by atoms with van der Waals surface area (Å²) in [5, 5.41) is 0. The molecular weight excluding hydrogens is 216 g/mol. The van der Waals surface area contributed by atoms with E-state index >= 15 is 0 Å². The van der Waals surface area contributed by atoms with Crippen molar-refractivity contribution >= 4 is 5.97 Å². The second-order valence-corrected chi connectivity index (χ2v) is 4.41. The average Bonchev–Trinajstić information content (AvgIpc) is 2.25. The number of unbranched alkanes of at least 4 members (excludes halogenated alkanes) is 1. The van der Waals surface area contributed by atoms with Crippen molar-refractivity contribution in [3.05, 3.63) is 24.3 Å². The van der Waals surface area contributed by atoms with Gasteiger partial charge in [0.2, 0.25) is 0 Å². The van der Waals surface area contributed by atoms with Crippen molar-refractivity contribution < 1.29 is 14.3 Å². The Hall–Kier alpha value is -1.09. The molecule has 0 aromatic heterocycles. The van der Waals surface area contributed by atoms with E-state index in [4.69, 9.17) is 9.47 Å². The molecule has 1 atom stereocenters. The first-order valence-electron chi connectivity index (χ1n) is 6.08. The first-order chi connectivity index (χ1) is 7.97. The molecule has 0 spiro atoms. The Balaban J connectivity index is 3.81. The summed E-state index contributed by atoms with van der Waals surface area (Å²) >= 11 is 0. The van der Waals surface area contributed by atoms with Gasteiger partial charge in [-0.25, -0.2) is 4.79 Å². The molecule has 0 aliphatic carbocycles. The van der Waals surface area contributed by atoms with Gasteiger partial charge in [0.15, 0.2) is 0 Å². The maximum Gasteiger partial charge on any atom is 0.336 e. The van der Waals surface area contributed by atoms with Crippen molar-refractivity contribution in [3.63, 3.8) is 0 Å². The van der Waals surface area contributed by atoms with Crippen LogP contribution in [0, 0.1) is 0 Å². The molecule has 0 rings (SSSR count). The van der Waals surface area contributed by atoms with Crippen LogP contribution in [0.1, 0.15) is 40.0 Å². The fourth-order valence-electron chi connectivity index (χ4n) is 1.22. The molecule has 0 saturated carbocycles. The molecule has 0 amide bonds. The summed E-state index contributed by atoms with van der Waals surface area (Å²) in [7, 11) is 0. The number of hydrogen-bond acceptors (Lipinski definition) is 3. The molecule has 0 aromatic carbocycles. The number of carbonyl (C=O) groups is 1. The minimum atomic E-state index is -0.365. The van der Waals surface area contributed by atoms with Gasteiger partial charge in [-0.2, -0.15) is 0 Å². The van der Waals surface area contributed by atoms with E-state index in [-0.39, 0.29) is 18.7 Å². The molecule has 0 saturated heterocycles. The van der Waals surface area contributed by atoms with E-state index in [1.165, 1.54) is 0 Å². The van der Waals surface area contributed by atoms with Crippen LogP contribution in [0.4, 0.5) is 0 Å². The van der Waals surface area contributed by atoms with E-state index in [0.717, 1.165) is 24.8 Å². The number of ether oxygens (including phenoxy) is 2. The van der Waals surface area contributed by atoms with Gasteiger partial charge in [0.05, 0.1) is 24.9 Å². The van der Waals surface area contributed by atoms with Crippen LogP contribution in [0.5, 0.6) is 0 Å². The van der Waals surface area contributed by atoms with Crippen LogP contribution in [0.3, 0.4) is 0 Å². The summed E-state index contributed by atoms with van der Waals surface area (Å²) in [6, 6.07) is 0. The van der Waals surface area contributed by atoms with E-state index in [2.05, 4.69) is 20.1 Å². The first-order valence-corrected chi connectivity index (χ1v) is 6.08. The summed E-state index contributed by atoms with van der Waals surface area (Å²) in [5.41, 5.74) is 1.28. The quantitative estimate of drug-likeness (QED) is 0.352. The summed E-state index contributed by atoms with van der Waals surface area (Å²) in [5.74, 6) is -0.365. The normalized spacial score (nSPS) is 11.9. The largest absolute Gasteiger partial charge is 0.459 e. The Labute approximate surface area is 104 Å². The third-order valence-corrected chi connectivity index (χ3v) is 2.19. The van der Waals surface area contributed by atoms with Gasteiger partial charge in [-0.1, -0.05) is 38.5 Å². The molecule has 3 heteroatoms. The van der Waals surface area contributed by atoms with Crippen LogP contribution >= 0.6 is 0 Å². The van der Waals surface area contributed by atoms with Gasteiger partial charge in [0.1, 0.15) is 0 Å². The van der Waals surface area contributed by atoms with Gasteiger partial charge in [-0.3, -0.25) is 0 Å². The third-order valence-electron chi connectivity index (χ3n) is 2.19. The average molecular weight is 240 g/mol. The second-order valence-electron chi connectivity index (χ2n) is 4.41. The first kappa shape index (κ1) is 15.9. The predicted molar refractivity (Wildman–Crippen MR) is 69.9 cm³/mol. The fraction of sp³-hybridized carbons (Fsp3) is 0.643. The molecule has 0 bridgehead atoms. The summed E-state index contributed by atoms with van der Waals surface area (Å²) < 4.78 is 10.5. The number of carbonyl (C=O) groups excluding carboxylic acids is 1. The molecule has 0 N–H and O–H groups in total. The maximum absolute atomic E-state index is 11.6. The molecule has 0 radical (unpaired) electrons. The zero-order valence-corrected chi connectivity index (χ0v) is 11.3. The van der Waals surface area contributed by atoms with Crippen LogP contribution < -0.4 is 0 Å². The summed E-state index contributed by atoms with van der Waals surface area (Å²) in [4.78, 5) is 11.6. The number of esters is 1. The third kappa shape index (κ3) is 8.69. The van der Waals surface area contributed by atoms with Crippen LogP contribution in [-0.2, 0) is 14.3 Å². The van der Waals surface area contributed by atoms with Crippen molar-refractivity contribution in [2.75, 3.05) is 13.2 Å². The van der Waals surface area contributed by atoms with Gasteiger partial charge < -0.3 is 9.47 Å². The molecule has 1 unspecified atom stereocenters. The maximum atomic E-state index is 11.6. The minimum Gasteiger partial charge on any atom is -0.459 e. The molecule has 0 fully saturated rings. The van der Waals surface area contributed by atoms with Gasteiger partial charge in [0, 0.05) is 0 Å². The van der Waals surface area contributed by atoms with Crippen LogP contribution in [0.25, 0.3) is 0 Å². The zero-order valence-electron chi connectivity index (χ0n) is 11.3. The highest BCUT2D eigenvalue weighted by Gasteiger charge is 2.12. The highest BCUT2D eigenvalue weighted by atomic mass is 16.5. The lowest BCUT2D eigenvalue weighted by molar-refractivity contribution is -0.144. The fourth-order valence-corrected chi connectivity index (χ4v) is 1.22. The Morgan fingerprint density at radius 2 is 1.94 bits per heavy atom. The standard InChI is InChI=1S/C14H24O3/c1-6-7-8-13(5)17-14(15)12(4)10-16-9-11(2)3/h13H,2,4,6-10H2,1,3,5H3. The van der Waals surface area contributed by atoms with Crippen molar-refractivity contribution in [1.82, 2.24) is 0 Å². The Morgan fingerprint density at radius 1 is 1.29 bits per heavy atom. The van der Waals surface area contributed by atoms with Gasteiger partial charge in [0.25, 0.3) is 0 Å². The van der Waals surface area contributed by atoms with Crippen LogP contribution in [0.2, 0.25) is 0 Å². The van der Waals surface area contributed by atoms with Crippen molar-refractivity contribution in [1.29, 1.82) is 0 Å². The smallest absolute Gasteiger partial charge is 0.336 e. The predicted octanol–water partition coefficient (Wildman–Crippen LogP) is 3.26. The van der Waals surface area contributed by atoms with E-state index in [0.29, 0.717) is 12.2 Å². The number of rotatable bonds is 9. The summed E-state index contributed by atoms with van der Waals surface area (Å²) in [6.45, 7) is 13.9. The molecule has 0 aliphatic heterocycles. The lowest BCUT2D eigenvalue weighted by Crippen LogP contribution is -2.18. The zero-order chi connectivity index (χ0) is 13.3. The highest BCUT2D eigenvalue weighted by Crippen LogP contribution is 2.07. The van der Waals surface area contributed by atoms with Gasteiger partial charge in [-0.05, 0) is 20.3 Å². The monoisotopic (exact) mass is 240 g/mol. The van der Waals surface area contributed by atoms with E-state index < -0.39 is 0 Å². The lowest BCUT2D eigenvalue weighted by atomic mass is 10.2. The molecule has 98 valence electrons. The Morgan fingerprint density at radius 3 is 2.47 bits per heavy atom. The van der Waals surface area contributed by atoms with Crippen molar-refractivity contribution in [2.24, 2.45) is 0 Å².